The van der Waals surface area contributed by atoms with E-state index >= 15 is 0 Å². The molecule has 82 valence electrons. The predicted molar refractivity (Wildman–Crippen MR) is 62.7 cm³/mol. The molecule has 2 rings (SSSR count). The van der Waals surface area contributed by atoms with Crippen molar-refractivity contribution in [3.63, 3.8) is 0 Å². The van der Waals surface area contributed by atoms with Crippen LogP contribution in [0.1, 0.15) is 31.0 Å². The molecule has 3 heteroatoms. The molecule has 1 atom stereocenters. The van der Waals surface area contributed by atoms with Gasteiger partial charge in [0.05, 0.1) is 11.1 Å². The van der Waals surface area contributed by atoms with E-state index in [9.17, 15) is 0 Å². The van der Waals surface area contributed by atoms with Crippen LogP contribution in [0.4, 0.5) is 0 Å². The van der Waals surface area contributed by atoms with Crippen molar-refractivity contribution in [1.82, 2.24) is 5.32 Å². The average Bonchev–Trinajstić information content (AvgIpc) is 2.48. The highest BCUT2D eigenvalue weighted by Crippen LogP contribution is 2.39. The minimum absolute atomic E-state index is 0.275. The maximum atomic E-state index is 6.12. The van der Waals surface area contributed by atoms with Crippen LogP contribution in [0.3, 0.4) is 0 Å². The molecule has 0 saturated carbocycles. The second-order valence-electron chi connectivity index (χ2n) is 4.35. The van der Waals surface area contributed by atoms with E-state index in [2.05, 4.69) is 32.2 Å². The number of nitrogens with one attached hydrogen (secondary N) is 1. The van der Waals surface area contributed by atoms with Gasteiger partial charge in [-0.2, -0.15) is 0 Å². The molecule has 2 nitrogen and oxygen atoms in total. The number of hydrogen-bond acceptors (Lipinski definition) is 2. The predicted octanol–water partition coefficient (Wildman–Crippen LogP) is 3.08. The highest BCUT2D eigenvalue weighted by atomic mass is 35.5. The highest BCUT2D eigenvalue weighted by molar-refractivity contribution is 6.32. The summed E-state index contributed by atoms with van der Waals surface area (Å²) in [5.41, 5.74) is 2.37. The van der Waals surface area contributed by atoms with Crippen molar-refractivity contribution in [3.8, 4) is 5.75 Å². The van der Waals surface area contributed by atoms with Gasteiger partial charge in [0.1, 0.15) is 12.4 Å². The monoisotopic (exact) mass is 225 g/mol. The average molecular weight is 226 g/mol. The maximum absolute atomic E-state index is 6.12. The van der Waals surface area contributed by atoms with E-state index < -0.39 is 0 Å². The Labute approximate surface area is 95.6 Å². The van der Waals surface area contributed by atoms with Gasteiger partial charge in [0.2, 0.25) is 0 Å². The van der Waals surface area contributed by atoms with Crippen LogP contribution in [-0.4, -0.2) is 12.6 Å². The molecule has 0 spiro atoms. The zero-order valence-corrected chi connectivity index (χ0v) is 10.1. The molecule has 0 amide bonds. The molecule has 1 aromatic carbocycles. The number of benzene rings is 1. The highest BCUT2D eigenvalue weighted by Gasteiger charge is 2.26. The molecule has 0 fully saturated rings. The first-order chi connectivity index (χ1) is 7.08. The summed E-state index contributed by atoms with van der Waals surface area (Å²) in [5, 5.41) is 4.19. The van der Waals surface area contributed by atoms with Gasteiger partial charge in [0.15, 0.2) is 0 Å². The molecule has 1 unspecified atom stereocenters. The number of hydrogen-bond donors (Lipinski definition) is 1. The summed E-state index contributed by atoms with van der Waals surface area (Å²) in [6.45, 7) is 7.00. The van der Waals surface area contributed by atoms with Crippen LogP contribution in [0.15, 0.2) is 12.1 Å². The summed E-state index contributed by atoms with van der Waals surface area (Å²) in [6.07, 6.45) is 0. The third kappa shape index (κ3) is 2.11. The number of aryl methyl sites for hydroxylation is 1. The smallest absolute Gasteiger partial charge is 0.142 e. The Balaban J connectivity index is 2.33. The Hall–Kier alpha value is -0.730. The van der Waals surface area contributed by atoms with E-state index in [4.69, 9.17) is 16.3 Å². The van der Waals surface area contributed by atoms with Crippen LogP contribution < -0.4 is 10.1 Å². The van der Waals surface area contributed by atoms with Crippen molar-refractivity contribution in [3.05, 3.63) is 28.3 Å². The van der Waals surface area contributed by atoms with E-state index in [1.807, 2.05) is 6.07 Å². The second-order valence-corrected chi connectivity index (χ2v) is 4.76. The first kappa shape index (κ1) is 10.8. The van der Waals surface area contributed by atoms with Crippen LogP contribution in [0.25, 0.3) is 0 Å². The number of ether oxygens (including phenoxy) is 1. The van der Waals surface area contributed by atoms with Gasteiger partial charge in [0, 0.05) is 11.6 Å². The minimum atomic E-state index is 0.275. The van der Waals surface area contributed by atoms with Gasteiger partial charge < -0.3 is 10.1 Å². The summed E-state index contributed by atoms with van der Waals surface area (Å²) in [4.78, 5) is 0. The number of fused-ring (bicyclic) bond motifs is 1. The molecule has 0 bridgehead atoms. The fourth-order valence-electron chi connectivity index (χ4n) is 1.96. The van der Waals surface area contributed by atoms with Gasteiger partial charge in [-0.3, -0.25) is 0 Å². The van der Waals surface area contributed by atoms with Gasteiger partial charge in [-0.15, -0.1) is 0 Å². The van der Waals surface area contributed by atoms with E-state index in [-0.39, 0.29) is 6.04 Å². The first-order valence-corrected chi connectivity index (χ1v) is 5.64. The molecule has 0 aliphatic carbocycles. The lowest BCUT2D eigenvalue weighted by Crippen LogP contribution is -2.28. The minimum Gasteiger partial charge on any atom is -0.490 e. The molecular weight excluding hydrogens is 210 g/mol. The van der Waals surface area contributed by atoms with E-state index in [0.29, 0.717) is 12.6 Å². The molecule has 1 aromatic rings. The van der Waals surface area contributed by atoms with Gasteiger partial charge in [0.25, 0.3) is 0 Å². The zero-order chi connectivity index (χ0) is 11.0. The Morgan fingerprint density at radius 1 is 1.47 bits per heavy atom. The lowest BCUT2D eigenvalue weighted by Gasteiger charge is -2.15. The first-order valence-electron chi connectivity index (χ1n) is 5.27. The van der Waals surface area contributed by atoms with Gasteiger partial charge in [-0.25, -0.2) is 0 Å². The molecule has 0 radical (unpaired) electrons. The van der Waals surface area contributed by atoms with Gasteiger partial charge in [-0.1, -0.05) is 31.5 Å². The molecule has 1 N–H and O–H groups in total. The third-order valence-corrected chi connectivity index (χ3v) is 2.80. The molecule has 1 heterocycles. The van der Waals surface area contributed by atoms with E-state index in [0.717, 1.165) is 10.8 Å². The summed E-state index contributed by atoms with van der Waals surface area (Å²) in [5.74, 6) is 0.848. The van der Waals surface area contributed by atoms with Crippen LogP contribution in [0, 0.1) is 6.92 Å². The van der Waals surface area contributed by atoms with Crippen LogP contribution in [0.2, 0.25) is 5.02 Å². The van der Waals surface area contributed by atoms with Crippen molar-refractivity contribution in [1.29, 1.82) is 0 Å². The summed E-state index contributed by atoms with van der Waals surface area (Å²) in [7, 11) is 0. The standard InChI is InChI=1S/C12H16ClNO/c1-7(2)14-11-6-15-12-9(11)4-8(3)5-10(12)13/h4-5,7,11,14H,6H2,1-3H3. The second kappa shape index (κ2) is 4.03. The van der Waals surface area contributed by atoms with Crippen molar-refractivity contribution < 1.29 is 4.74 Å². The van der Waals surface area contributed by atoms with E-state index in [1.54, 1.807) is 0 Å². The number of rotatable bonds is 2. The third-order valence-electron chi connectivity index (χ3n) is 2.52. The van der Waals surface area contributed by atoms with Crippen LogP contribution >= 0.6 is 11.6 Å². The normalized spacial score (nSPS) is 19.1. The molecule has 1 aliphatic heterocycles. The zero-order valence-electron chi connectivity index (χ0n) is 9.30. The molecule has 0 saturated heterocycles. The molecule has 0 aromatic heterocycles. The molecule has 15 heavy (non-hydrogen) atoms. The summed E-state index contributed by atoms with van der Waals surface area (Å²) < 4.78 is 5.60. The fraction of sp³-hybridized carbons (Fsp3) is 0.500. The van der Waals surface area contributed by atoms with Crippen LogP contribution in [0.5, 0.6) is 5.75 Å². The SMILES string of the molecule is Cc1cc(Cl)c2c(c1)C(NC(C)C)CO2. The Morgan fingerprint density at radius 3 is 2.87 bits per heavy atom. The quantitative estimate of drug-likeness (QED) is 0.835. The molecule has 1 aliphatic rings. The van der Waals surface area contributed by atoms with Crippen molar-refractivity contribution in [2.45, 2.75) is 32.9 Å². The fourth-order valence-corrected chi connectivity index (χ4v) is 2.30. The Morgan fingerprint density at radius 2 is 2.20 bits per heavy atom. The van der Waals surface area contributed by atoms with Gasteiger partial charge in [-0.05, 0) is 18.6 Å². The Kier molecular flexibility index (Phi) is 2.89. The summed E-state index contributed by atoms with van der Waals surface area (Å²) in [6, 6.07) is 4.81. The maximum Gasteiger partial charge on any atom is 0.142 e. The van der Waals surface area contributed by atoms with Gasteiger partial charge >= 0.3 is 0 Å². The van der Waals surface area contributed by atoms with E-state index in [1.165, 1.54) is 11.1 Å². The molecular formula is C12H16ClNO. The largest absolute Gasteiger partial charge is 0.490 e. The topological polar surface area (TPSA) is 21.3 Å². The Bertz CT molecular complexity index is 376. The lowest BCUT2D eigenvalue weighted by atomic mass is 10.1. The van der Waals surface area contributed by atoms with Crippen molar-refractivity contribution in [2.24, 2.45) is 0 Å². The summed E-state index contributed by atoms with van der Waals surface area (Å²) >= 11 is 6.12. The van der Waals surface area contributed by atoms with Crippen molar-refractivity contribution >= 4 is 11.6 Å². The lowest BCUT2D eigenvalue weighted by molar-refractivity contribution is 0.303. The van der Waals surface area contributed by atoms with Crippen molar-refractivity contribution in [2.75, 3.05) is 6.61 Å². The number of halogens is 1. The van der Waals surface area contributed by atoms with Crippen LogP contribution in [-0.2, 0) is 0 Å².